The van der Waals surface area contributed by atoms with E-state index >= 15 is 0 Å². The van der Waals surface area contributed by atoms with Gasteiger partial charge in [0, 0.05) is 28.9 Å². The Morgan fingerprint density at radius 2 is 1.38 bits per heavy atom. The molecule has 0 aliphatic carbocycles. The Morgan fingerprint density at radius 3 is 2.09 bits per heavy atom. The van der Waals surface area contributed by atoms with Crippen LogP contribution < -0.4 is 5.46 Å². The van der Waals surface area contributed by atoms with Crippen molar-refractivity contribution in [2.45, 2.75) is 38.9 Å². The van der Waals surface area contributed by atoms with Crippen LogP contribution in [0.25, 0.3) is 38.5 Å². The van der Waals surface area contributed by atoms with Crippen LogP contribution in [0.5, 0.6) is 0 Å². The van der Waals surface area contributed by atoms with Gasteiger partial charge in [-0.2, -0.15) is 0 Å². The van der Waals surface area contributed by atoms with Gasteiger partial charge < -0.3 is 13.9 Å². The fourth-order valence-electron chi connectivity index (χ4n) is 4.93. The Morgan fingerprint density at radius 1 is 0.719 bits per heavy atom. The van der Waals surface area contributed by atoms with Crippen LogP contribution in [0.3, 0.4) is 0 Å². The molecule has 2 aromatic heterocycles. The minimum Gasteiger partial charge on any atom is -0.399 e. The van der Waals surface area contributed by atoms with Crippen LogP contribution in [0.15, 0.2) is 72.8 Å². The average Bonchev–Trinajstić information content (AvgIpc) is 3.34. The maximum absolute atomic E-state index is 6.36. The number of aryl methyl sites for hydroxylation is 1. The molecular weight excluding hydrogens is 395 g/mol. The molecule has 160 valence electrons. The molecule has 5 heteroatoms. The number of fused-ring (bicyclic) bond motifs is 5. The van der Waals surface area contributed by atoms with E-state index in [1.54, 1.807) is 0 Å². The van der Waals surface area contributed by atoms with E-state index in [0.717, 1.165) is 11.2 Å². The van der Waals surface area contributed by atoms with Gasteiger partial charge in [-0.15, -0.1) is 0 Å². The van der Waals surface area contributed by atoms with Crippen LogP contribution in [0.2, 0.25) is 0 Å². The summed E-state index contributed by atoms with van der Waals surface area (Å²) >= 11 is 0. The van der Waals surface area contributed by atoms with Crippen molar-refractivity contribution in [3.05, 3.63) is 72.8 Å². The minimum atomic E-state index is -0.380. The largest absolute Gasteiger partial charge is 0.494 e. The van der Waals surface area contributed by atoms with Gasteiger partial charge in [0.1, 0.15) is 5.65 Å². The van der Waals surface area contributed by atoms with Crippen molar-refractivity contribution in [3.8, 4) is 5.69 Å². The summed E-state index contributed by atoms with van der Waals surface area (Å²) in [7, 11) is 1.77. The van der Waals surface area contributed by atoms with Gasteiger partial charge >= 0.3 is 7.12 Å². The van der Waals surface area contributed by atoms with Crippen LogP contribution in [-0.2, 0) is 16.4 Å². The molecule has 6 rings (SSSR count). The highest BCUT2D eigenvalue weighted by Gasteiger charge is 2.51. The summed E-state index contributed by atoms with van der Waals surface area (Å²) in [6, 6.07) is 25.8. The first-order valence-corrected chi connectivity index (χ1v) is 11.2. The summed E-state index contributed by atoms with van der Waals surface area (Å²) in [4.78, 5) is 0. The lowest BCUT2D eigenvalue weighted by Crippen LogP contribution is -2.41. The molecule has 0 spiro atoms. The van der Waals surface area contributed by atoms with Gasteiger partial charge in [0.05, 0.1) is 22.2 Å². The lowest BCUT2D eigenvalue weighted by molar-refractivity contribution is 0.00578. The second-order valence-electron chi connectivity index (χ2n) is 9.81. The van der Waals surface area contributed by atoms with Crippen LogP contribution >= 0.6 is 0 Å². The molecule has 5 aromatic rings. The van der Waals surface area contributed by atoms with Crippen molar-refractivity contribution < 1.29 is 9.31 Å². The second-order valence-corrected chi connectivity index (χ2v) is 9.81. The number of aromatic nitrogens is 2. The van der Waals surface area contributed by atoms with E-state index in [1.807, 2.05) is 0 Å². The molecule has 4 nitrogen and oxygen atoms in total. The van der Waals surface area contributed by atoms with Crippen molar-refractivity contribution in [2.75, 3.05) is 0 Å². The van der Waals surface area contributed by atoms with E-state index in [2.05, 4.69) is 117 Å². The molecule has 0 N–H and O–H groups in total. The molecule has 0 amide bonds. The number of hydrogen-bond acceptors (Lipinski definition) is 2. The molecule has 0 bridgehead atoms. The molecule has 0 saturated carbocycles. The zero-order valence-corrected chi connectivity index (χ0v) is 19.2. The standard InChI is InChI=1S/C27H27BN2O2/c1-26(2)27(3,4)32-28(31-26)18-15-16-23-21(17-18)24-20-13-9-10-14-22(20)29(5)25(24)30(23)19-11-7-6-8-12-19/h6-17H,1-5H3. The smallest absolute Gasteiger partial charge is 0.399 e. The Kier molecular flexibility index (Phi) is 3.99. The SMILES string of the molecule is Cn1c2ccccc2c2c3cc(B4OC(C)(C)C(C)(C)O4)ccc3n(-c3ccccc3)c21. The normalized spacial score (nSPS) is 17.7. The molecule has 0 unspecified atom stereocenters. The molecular formula is C27H27BN2O2. The molecule has 32 heavy (non-hydrogen) atoms. The van der Waals surface area contributed by atoms with Gasteiger partial charge in [-0.1, -0.05) is 48.5 Å². The minimum absolute atomic E-state index is 0.364. The number of nitrogens with zero attached hydrogens (tertiary/aromatic N) is 2. The van der Waals surface area contributed by atoms with Crippen molar-refractivity contribution in [2.24, 2.45) is 7.05 Å². The van der Waals surface area contributed by atoms with Crippen molar-refractivity contribution >= 4 is 45.4 Å². The fourth-order valence-corrected chi connectivity index (χ4v) is 4.93. The lowest BCUT2D eigenvalue weighted by Gasteiger charge is -2.32. The summed E-state index contributed by atoms with van der Waals surface area (Å²) in [5.74, 6) is 0. The van der Waals surface area contributed by atoms with Crippen LogP contribution in [0.4, 0.5) is 0 Å². The van der Waals surface area contributed by atoms with Crippen molar-refractivity contribution in [1.82, 2.24) is 9.13 Å². The van der Waals surface area contributed by atoms with Crippen molar-refractivity contribution in [3.63, 3.8) is 0 Å². The maximum Gasteiger partial charge on any atom is 0.494 e. The van der Waals surface area contributed by atoms with Gasteiger partial charge in [-0.05, 0) is 57.4 Å². The number of benzene rings is 3. The average molecular weight is 422 g/mol. The second kappa shape index (κ2) is 6.50. The summed E-state index contributed by atoms with van der Waals surface area (Å²) in [5.41, 5.74) is 5.08. The first-order chi connectivity index (χ1) is 15.3. The summed E-state index contributed by atoms with van der Waals surface area (Å²) in [6.07, 6.45) is 0. The van der Waals surface area contributed by atoms with E-state index in [-0.39, 0.29) is 18.3 Å². The third-order valence-corrected chi connectivity index (χ3v) is 7.36. The highest BCUT2D eigenvalue weighted by atomic mass is 16.7. The molecule has 1 aliphatic heterocycles. The van der Waals surface area contributed by atoms with Gasteiger partial charge in [-0.25, -0.2) is 0 Å². The van der Waals surface area contributed by atoms with Gasteiger partial charge in [-0.3, -0.25) is 4.57 Å². The molecule has 1 saturated heterocycles. The topological polar surface area (TPSA) is 28.3 Å². The van der Waals surface area contributed by atoms with Crippen molar-refractivity contribution in [1.29, 1.82) is 0 Å². The third-order valence-electron chi connectivity index (χ3n) is 7.36. The summed E-state index contributed by atoms with van der Waals surface area (Å²) in [5, 5.41) is 3.74. The number of hydrogen-bond donors (Lipinski definition) is 0. The predicted molar refractivity (Wildman–Crippen MR) is 133 cm³/mol. The summed E-state index contributed by atoms with van der Waals surface area (Å²) in [6.45, 7) is 8.39. The molecule has 0 atom stereocenters. The van der Waals surface area contributed by atoms with E-state index in [9.17, 15) is 0 Å². The number of para-hydroxylation sites is 2. The molecule has 1 fully saturated rings. The van der Waals surface area contributed by atoms with E-state index in [4.69, 9.17) is 9.31 Å². The van der Waals surface area contributed by atoms with Gasteiger partial charge in [0.2, 0.25) is 0 Å². The monoisotopic (exact) mass is 422 g/mol. The summed E-state index contributed by atoms with van der Waals surface area (Å²) < 4.78 is 17.4. The Balaban J connectivity index is 1.67. The number of rotatable bonds is 2. The predicted octanol–water partition coefficient (Wildman–Crippen LogP) is 5.57. The van der Waals surface area contributed by atoms with E-state index in [1.165, 1.54) is 32.8 Å². The van der Waals surface area contributed by atoms with Crippen LogP contribution in [0.1, 0.15) is 27.7 Å². The quantitative estimate of drug-likeness (QED) is 0.348. The van der Waals surface area contributed by atoms with E-state index in [0.29, 0.717) is 0 Å². The zero-order chi connectivity index (χ0) is 22.3. The Hall–Kier alpha value is -3.02. The molecule has 3 heterocycles. The maximum atomic E-state index is 6.36. The highest BCUT2D eigenvalue weighted by Crippen LogP contribution is 2.40. The molecule has 1 aliphatic rings. The van der Waals surface area contributed by atoms with Crippen LogP contribution in [-0.4, -0.2) is 27.5 Å². The lowest BCUT2D eigenvalue weighted by atomic mass is 9.78. The molecule has 3 aromatic carbocycles. The Bertz CT molecular complexity index is 1480. The first kappa shape index (κ1) is 19.7. The van der Waals surface area contributed by atoms with Gasteiger partial charge in [0.15, 0.2) is 0 Å². The van der Waals surface area contributed by atoms with Gasteiger partial charge in [0.25, 0.3) is 0 Å². The Labute approximate surface area is 188 Å². The zero-order valence-electron chi connectivity index (χ0n) is 19.2. The third kappa shape index (κ3) is 2.58. The van der Waals surface area contributed by atoms with E-state index < -0.39 is 0 Å². The first-order valence-electron chi connectivity index (χ1n) is 11.2. The highest BCUT2D eigenvalue weighted by molar-refractivity contribution is 6.62. The molecule has 0 radical (unpaired) electrons. The fraction of sp³-hybridized carbons (Fsp3) is 0.259. The van der Waals surface area contributed by atoms with Crippen LogP contribution in [0, 0.1) is 0 Å².